The van der Waals surface area contributed by atoms with Gasteiger partial charge in [0.1, 0.15) is 40.2 Å². The molecule has 1 saturated heterocycles. The highest BCUT2D eigenvalue weighted by Crippen LogP contribution is 2.42. The average Bonchev–Trinajstić information content (AvgIpc) is 3.54. The molecule has 0 bridgehead atoms. The van der Waals surface area contributed by atoms with Crippen molar-refractivity contribution in [3.05, 3.63) is 68.7 Å². The lowest BCUT2D eigenvalue weighted by atomic mass is 10.0. The molecule has 0 aliphatic carbocycles. The second-order valence-electron chi connectivity index (χ2n) is 8.46. The first-order valence-corrected chi connectivity index (χ1v) is 14.6. The molecule has 10 nitrogen and oxygen atoms in total. The molecular weight excluding hydrogens is 572 g/mol. The van der Waals surface area contributed by atoms with E-state index in [0.717, 1.165) is 14.9 Å². The fourth-order valence-electron chi connectivity index (χ4n) is 3.93. The Bertz CT molecular complexity index is 1450. The number of amides is 2. The summed E-state index contributed by atoms with van der Waals surface area (Å²) in [5, 5.41) is 21.5. The number of aromatic nitrogens is 2. The smallest absolute Gasteiger partial charge is 0.352 e. The zero-order valence-corrected chi connectivity index (χ0v) is 23.3. The highest BCUT2D eigenvalue weighted by Gasteiger charge is 2.54. The van der Waals surface area contributed by atoms with Crippen LogP contribution in [0.25, 0.3) is 0 Å². The van der Waals surface area contributed by atoms with Crippen LogP contribution in [-0.2, 0) is 16.2 Å². The molecule has 2 aromatic heterocycles. The predicted molar refractivity (Wildman–Crippen MR) is 144 cm³/mol. The van der Waals surface area contributed by atoms with Gasteiger partial charge in [-0.15, -0.1) is 22.0 Å². The van der Waals surface area contributed by atoms with Gasteiger partial charge in [-0.2, -0.15) is 0 Å². The molecule has 3 aromatic rings. The van der Waals surface area contributed by atoms with E-state index in [9.17, 15) is 19.5 Å². The van der Waals surface area contributed by atoms with Gasteiger partial charge >= 0.3 is 5.97 Å². The first-order chi connectivity index (χ1) is 18.2. The van der Waals surface area contributed by atoms with Crippen LogP contribution in [0.5, 0.6) is 5.75 Å². The molecule has 1 fully saturated rings. The van der Waals surface area contributed by atoms with Crippen molar-refractivity contribution in [3.8, 4) is 5.75 Å². The maximum atomic E-state index is 12.9. The molecule has 1 aromatic carbocycles. The maximum absolute atomic E-state index is 12.9. The summed E-state index contributed by atoms with van der Waals surface area (Å²) in [6.07, 6.45) is 0. The molecule has 0 saturated carbocycles. The number of carbonyl (C=O) groups is 3. The van der Waals surface area contributed by atoms with Gasteiger partial charge in [0.05, 0.1) is 0 Å². The van der Waals surface area contributed by atoms with Crippen molar-refractivity contribution in [1.82, 2.24) is 20.4 Å². The van der Waals surface area contributed by atoms with Gasteiger partial charge in [0.15, 0.2) is 10.1 Å². The number of fused-ring (bicyclic) bond motifs is 1. The molecule has 2 aliphatic heterocycles. The van der Waals surface area contributed by atoms with E-state index in [4.69, 9.17) is 20.8 Å². The van der Waals surface area contributed by atoms with E-state index in [-0.39, 0.29) is 18.1 Å². The number of thioether (sulfide) groups is 2. The zero-order valence-electron chi connectivity index (χ0n) is 20.1. The lowest BCUT2D eigenvalue weighted by Gasteiger charge is -2.49. The third-order valence-corrected chi connectivity index (χ3v) is 9.63. The summed E-state index contributed by atoms with van der Waals surface area (Å²) < 4.78 is 12.0. The van der Waals surface area contributed by atoms with Gasteiger partial charge in [0.25, 0.3) is 11.8 Å². The number of hydrogen-bond donors (Lipinski definition) is 2. The highest BCUT2D eigenvalue weighted by molar-refractivity contribution is 8.01. The largest absolute Gasteiger partial charge is 0.486 e. The molecule has 2 unspecified atom stereocenters. The third-order valence-electron chi connectivity index (χ3n) is 5.81. The molecule has 2 aliphatic rings. The highest BCUT2D eigenvalue weighted by atomic mass is 35.5. The number of carboxylic acids is 1. The third kappa shape index (κ3) is 5.41. The summed E-state index contributed by atoms with van der Waals surface area (Å²) in [6, 6.07) is 7.55. The molecule has 0 spiro atoms. The standard InChI is InChI=1S/C24H21ClN4O6S3/c1-11-7-14(3-5-16(11)25)34-8-15-4-6-17(35-15)20(30)26-18-21(31)29-19(23(32)33)13(9-36-22(18)29)10-37-24-28-27-12(2)38-24/h3-7,18,22H,8-10H2,1-2H3,(H,26,30)(H,32,33). The Balaban J connectivity index is 1.20. The van der Waals surface area contributed by atoms with Crippen LogP contribution in [0.1, 0.15) is 26.9 Å². The number of halogens is 1. The number of furan rings is 1. The van der Waals surface area contributed by atoms with Gasteiger partial charge in [0.2, 0.25) is 0 Å². The Morgan fingerprint density at radius 1 is 1.29 bits per heavy atom. The minimum atomic E-state index is -1.18. The number of ether oxygens (including phenoxy) is 1. The number of aryl methyl sites for hydroxylation is 2. The minimum absolute atomic E-state index is 0.0291. The van der Waals surface area contributed by atoms with Crippen LogP contribution >= 0.6 is 46.5 Å². The number of aliphatic carboxylic acids is 1. The van der Waals surface area contributed by atoms with Gasteiger partial charge in [0, 0.05) is 16.5 Å². The Labute approximate surface area is 234 Å². The fraction of sp³-hybridized carbons (Fsp3) is 0.292. The van der Waals surface area contributed by atoms with Crippen LogP contribution in [0.3, 0.4) is 0 Å². The number of nitrogens with zero attached hydrogens (tertiary/aromatic N) is 3. The molecule has 5 rings (SSSR count). The molecule has 2 N–H and O–H groups in total. The van der Waals surface area contributed by atoms with Gasteiger partial charge in [-0.1, -0.05) is 34.7 Å². The second-order valence-corrected chi connectivity index (χ2v) is 12.4. The maximum Gasteiger partial charge on any atom is 0.352 e. The van der Waals surface area contributed by atoms with Crippen LogP contribution in [-0.4, -0.2) is 60.9 Å². The van der Waals surface area contributed by atoms with Crippen molar-refractivity contribution in [2.45, 2.75) is 36.2 Å². The fourth-order valence-corrected chi connectivity index (χ4v) is 7.35. The Morgan fingerprint density at radius 2 is 2.11 bits per heavy atom. The number of hydrogen-bond acceptors (Lipinski definition) is 10. The molecule has 0 radical (unpaired) electrons. The Morgan fingerprint density at radius 3 is 2.82 bits per heavy atom. The number of nitrogens with one attached hydrogen (secondary N) is 1. The molecule has 4 heterocycles. The number of carbonyl (C=O) groups excluding carboxylic acids is 2. The summed E-state index contributed by atoms with van der Waals surface area (Å²) in [4.78, 5) is 39.0. The normalized spacial score (nSPS) is 18.7. The molecule has 2 amide bonds. The van der Waals surface area contributed by atoms with E-state index in [1.165, 1.54) is 45.8 Å². The SMILES string of the molecule is Cc1nnc(SCC2=C(C(=O)O)N3C(=O)C(NC(=O)c4ccc(COc5ccc(Cl)c(C)c5)o4)C3SC2)s1. The molecule has 14 heteroatoms. The summed E-state index contributed by atoms with van der Waals surface area (Å²) in [6.45, 7) is 3.82. The zero-order chi connectivity index (χ0) is 27.0. The number of benzene rings is 1. The van der Waals surface area contributed by atoms with E-state index in [2.05, 4.69) is 15.5 Å². The van der Waals surface area contributed by atoms with E-state index >= 15 is 0 Å². The summed E-state index contributed by atoms with van der Waals surface area (Å²) >= 11 is 10.3. The van der Waals surface area contributed by atoms with Gasteiger partial charge < -0.3 is 19.6 Å². The van der Waals surface area contributed by atoms with Crippen molar-refractivity contribution in [3.63, 3.8) is 0 Å². The summed E-state index contributed by atoms with van der Waals surface area (Å²) in [5.74, 6) is -0.349. The molecular formula is C24H21ClN4O6S3. The van der Waals surface area contributed by atoms with Crippen molar-refractivity contribution in [2.24, 2.45) is 0 Å². The van der Waals surface area contributed by atoms with Crippen LogP contribution in [0, 0.1) is 13.8 Å². The van der Waals surface area contributed by atoms with Gasteiger partial charge in [-0.3, -0.25) is 14.5 Å². The van der Waals surface area contributed by atoms with Crippen molar-refractivity contribution >= 4 is 64.2 Å². The van der Waals surface area contributed by atoms with E-state index < -0.39 is 29.2 Å². The number of carboxylic acid groups (broad SMARTS) is 1. The first kappa shape index (κ1) is 26.6. The quantitative estimate of drug-likeness (QED) is 0.276. The van der Waals surface area contributed by atoms with Gasteiger partial charge in [-0.25, -0.2) is 4.79 Å². The van der Waals surface area contributed by atoms with E-state index in [0.29, 0.717) is 33.6 Å². The van der Waals surface area contributed by atoms with Crippen molar-refractivity contribution in [1.29, 1.82) is 0 Å². The van der Waals surface area contributed by atoms with Crippen molar-refractivity contribution in [2.75, 3.05) is 11.5 Å². The topological polar surface area (TPSA) is 135 Å². The minimum Gasteiger partial charge on any atom is -0.486 e. The second kappa shape index (κ2) is 11.0. The number of β-lactam (4-membered cyclic amide) rings is 1. The molecule has 2 atom stereocenters. The average molecular weight is 593 g/mol. The molecule has 198 valence electrons. The Hall–Kier alpha value is -3.00. The van der Waals surface area contributed by atoms with Crippen LogP contribution in [0.15, 0.2) is 50.4 Å². The number of rotatable bonds is 9. The first-order valence-electron chi connectivity index (χ1n) is 11.3. The lowest BCUT2D eigenvalue weighted by Crippen LogP contribution is -2.70. The predicted octanol–water partition coefficient (Wildman–Crippen LogP) is 4.12. The summed E-state index contributed by atoms with van der Waals surface area (Å²) in [5.41, 5.74) is 1.47. The van der Waals surface area contributed by atoms with Crippen LogP contribution < -0.4 is 10.1 Å². The van der Waals surface area contributed by atoms with Crippen molar-refractivity contribution < 1.29 is 28.6 Å². The van der Waals surface area contributed by atoms with Crippen LogP contribution in [0.2, 0.25) is 5.02 Å². The van der Waals surface area contributed by atoms with E-state index in [1.807, 2.05) is 13.8 Å². The lowest BCUT2D eigenvalue weighted by molar-refractivity contribution is -0.148. The van der Waals surface area contributed by atoms with E-state index in [1.54, 1.807) is 24.3 Å². The van der Waals surface area contributed by atoms with Gasteiger partial charge in [-0.05, 0) is 55.3 Å². The Kier molecular flexibility index (Phi) is 7.70. The molecule has 38 heavy (non-hydrogen) atoms. The monoisotopic (exact) mass is 592 g/mol. The van der Waals surface area contributed by atoms with Crippen LogP contribution in [0.4, 0.5) is 0 Å². The summed E-state index contributed by atoms with van der Waals surface area (Å²) in [7, 11) is 0.